The van der Waals surface area contributed by atoms with E-state index in [9.17, 15) is 9.59 Å². The van der Waals surface area contributed by atoms with Gasteiger partial charge in [-0.05, 0) is 36.6 Å². The van der Waals surface area contributed by atoms with E-state index in [0.717, 1.165) is 18.4 Å². The van der Waals surface area contributed by atoms with Gasteiger partial charge in [-0.25, -0.2) is 0 Å². The Morgan fingerprint density at radius 3 is 2.73 bits per heavy atom. The number of pyridine rings is 1. The highest BCUT2D eigenvalue weighted by Crippen LogP contribution is 2.16. The quantitative estimate of drug-likeness (QED) is 0.844. The molecule has 0 spiro atoms. The third kappa shape index (κ3) is 5.03. The van der Waals surface area contributed by atoms with Gasteiger partial charge in [0.2, 0.25) is 5.91 Å². The van der Waals surface area contributed by atoms with Crippen molar-refractivity contribution in [1.82, 2.24) is 10.3 Å². The number of carbonyl (C=O) groups is 2. The highest BCUT2D eigenvalue weighted by atomic mass is 35.5. The van der Waals surface area contributed by atoms with Gasteiger partial charge in [0.25, 0.3) is 5.91 Å². The molecular formula is C19H20ClN3O3. The van der Waals surface area contributed by atoms with E-state index in [1.807, 2.05) is 12.1 Å². The van der Waals surface area contributed by atoms with Crippen molar-refractivity contribution in [2.45, 2.75) is 25.3 Å². The lowest BCUT2D eigenvalue weighted by Gasteiger charge is -2.22. The van der Waals surface area contributed by atoms with Crippen LogP contribution in [0.4, 0.5) is 5.69 Å². The van der Waals surface area contributed by atoms with Gasteiger partial charge in [0.15, 0.2) is 0 Å². The Balaban J connectivity index is 1.60. The number of ether oxygens (including phenoxy) is 1. The van der Waals surface area contributed by atoms with Gasteiger partial charge in [-0.1, -0.05) is 29.8 Å². The molecule has 1 aliphatic rings. The second kappa shape index (κ2) is 8.78. The van der Waals surface area contributed by atoms with Crippen LogP contribution in [0, 0.1) is 0 Å². The molecule has 26 heavy (non-hydrogen) atoms. The van der Waals surface area contributed by atoms with Crippen LogP contribution < -0.4 is 10.6 Å². The maximum Gasteiger partial charge on any atom is 0.270 e. The van der Waals surface area contributed by atoms with Crippen LogP contribution in [-0.2, 0) is 16.0 Å². The molecule has 1 saturated heterocycles. The van der Waals surface area contributed by atoms with Crippen LogP contribution in [0.5, 0.6) is 0 Å². The van der Waals surface area contributed by atoms with E-state index in [0.29, 0.717) is 23.9 Å². The number of aromatic nitrogens is 1. The van der Waals surface area contributed by atoms with Crippen LogP contribution in [0.15, 0.2) is 42.6 Å². The summed E-state index contributed by atoms with van der Waals surface area (Å²) in [4.78, 5) is 28.7. The Labute approximate surface area is 156 Å². The number of carbonyl (C=O) groups excluding carboxylic acids is 2. The van der Waals surface area contributed by atoms with E-state index in [-0.39, 0.29) is 30.0 Å². The molecule has 2 amide bonds. The number of nitrogens with one attached hydrogen (secondary N) is 2. The standard InChI is InChI=1S/C19H20ClN3O3/c20-16-4-2-1-3-13(16)11-18(24)22-15-5-8-21-17(12-15)19(25)23-14-6-9-26-10-7-14/h1-5,8,12,14H,6-7,9-11H2,(H,23,25)(H,21,22,24). The molecule has 7 heteroatoms. The van der Waals surface area contributed by atoms with Crippen LogP contribution in [-0.4, -0.2) is 36.1 Å². The van der Waals surface area contributed by atoms with Crippen molar-refractivity contribution in [3.63, 3.8) is 0 Å². The lowest BCUT2D eigenvalue weighted by Crippen LogP contribution is -2.39. The number of anilines is 1. The first-order valence-electron chi connectivity index (χ1n) is 8.50. The number of amides is 2. The number of hydrogen-bond acceptors (Lipinski definition) is 4. The van der Waals surface area contributed by atoms with E-state index in [4.69, 9.17) is 16.3 Å². The topological polar surface area (TPSA) is 80.3 Å². The number of halogens is 1. The van der Waals surface area contributed by atoms with Gasteiger partial charge < -0.3 is 15.4 Å². The van der Waals surface area contributed by atoms with Crippen molar-refractivity contribution < 1.29 is 14.3 Å². The molecule has 2 heterocycles. The maximum absolute atomic E-state index is 12.3. The van der Waals surface area contributed by atoms with Gasteiger partial charge >= 0.3 is 0 Å². The molecule has 0 radical (unpaired) electrons. The van der Waals surface area contributed by atoms with Gasteiger partial charge in [-0.3, -0.25) is 14.6 Å². The first-order valence-corrected chi connectivity index (χ1v) is 8.87. The Kier molecular flexibility index (Phi) is 6.20. The summed E-state index contributed by atoms with van der Waals surface area (Å²) >= 11 is 6.08. The minimum atomic E-state index is -0.251. The van der Waals surface area contributed by atoms with E-state index in [1.54, 1.807) is 24.3 Å². The monoisotopic (exact) mass is 373 g/mol. The number of nitrogens with zero attached hydrogens (tertiary/aromatic N) is 1. The van der Waals surface area contributed by atoms with Crippen LogP contribution in [0.2, 0.25) is 5.02 Å². The largest absolute Gasteiger partial charge is 0.381 e. The Bertz CT molecular complexity index is 791. The third-order valence-electron chi connectivity index (χ3n) is 4.14. The summed E-state index contributed by atoms with van der Waals surface area (Å²) in [5, 5.41) is 6.28. The fourth-order valence-electron chi connectivity index (χ4n) is 2.75. The van der Waals surface area contributed by atoms with Crippen molar-refractivity contribution >= 4 is 29.1 Å². The summed E-state index contributed by atoms with van der Waals surface area (Å²) in [6.07, 6.45) is 3.25. The van der Waals surface area contributed by atoms with Gasteiger partial charge in [-0.2, -0.15) is 0 Å². The van der Waals surface area contributed by atoms with Crippen LogP contribution in [0.25, 0.3) is 0 Å². The highest BCUT2D eigenvalue weighted by molar-refractivity contribution is 6.31. The van der Waals surface area contributed by atoms with E-state index in [2.05, 4.69) is 15.6 Å². The summed E-state index contributed by atoms with van der Waals surface area (Å²) in [5.41, 5.74) is 1.54. The number of hydrogen-bond donors (Lipinski definition) is 2. The van der Waals surface area contributed by atoms with Crippen LogP contribution in [0.1, 0.15) is 28.9 Å². The minimum absolute atomic E-state index is 0.0940. The first kappa shape index (κ1) is 18.4. The summed E-state index contributed by atoms with van der Waals surface area (Å²) in [6, 6.07) is 10.5. The molecule has 1 aromatic heterocycles. The molecule has 0 aliphatic carbocycles. The second-order valence-electron chi connectivity index (χ2n) is 6.11. The smallest absolute Gasteiger partial charge is 0.270 e. The molecule has 0 bridgehead atoms. The Morgan fingerprint density at radius 1 is 1.19 bits per heavy atom. The predicted molar refractivity (Wildman–Crippen MR) is 99.3 cm³/mol. The molecule has 136 valence electrons. The normalized spacial score (nSPS) is 14.7. The third-order valence-corrected chi connectivity index (χ3v) is 4.51. The zero-order valence-electron chi connectivity index (χ0n) is 14.2. The molecular weight excluding hydrogens is 354 g/mol. The van der Waals surface area contributed by atoms with Gasteiger partial charge in [0.1, 0.15) is 5.69 Å². The number of benzene rings is 1. The predicted octanol–water partition coefficient (Wildman–Crippen LogP) is 2.83. The molecule has 0 unspecified atom stereocenters. The highest BCUT2D eigenvalue weighted by Gasteiger charge is 2.18. The molecule has 1 aliphatic heterocycles. The number of rotatable bonds is 5. The van der Waals surface area contributed by atoms with Gasteiger partial charge in [-0.15, -0.1) is 0 Å². The Hall–Kier alpha value is -2.44. The lowest BCUT2D eigenvalue weighted by atomic mass is 10.1. The van der Waals surface area contributed by atoms with Crippen LogP contribution in [0.3, 0.4) is 0 Å². The lowest BCUT2D eigenvalue weighted by molar-refractivity contribution is -0.115. The molecule has 0 atom stereocenters. The van der Waals surface area contributed by atoms with E-state index >= 15 is 0 Å². The van der Waals surface area contributed by atoms with Crippen LogP contribution >= 0.6 is 11.6 Å². The van der Waals surface area contributed by atoms with Crippen molar-refractivity contribution in [2.75, 3.05) is 18.5 Å². The average molecular weight is 374 g/mol. The summed E-state index contributed by atoms with van der Waals surface area (Å²) in [7, 11) is 0. The van der Waals surface area contributed by atoms with Crippen molar-refractivity contribution in [2.24, 2.45) is 0 Å². The molecule has 3 rings (SSSR count). The van der Waals surface area contributed by atoms with E-state index < -0.39 is 0 Å². The molecule has 1 fully saturated rings. The Morgan fingerprint density at radius 2 is 1.96 bits per heavy atom. The van der Waals surface area contributed by atoms with Gasteiger partial charge in [0, 0.05) is 36.2 Å². The zero-order valence-corrected chi connectivity index (χ0v) is 15.0. The SMILES string of the molecule is O=C(Cc1ccccc1Cl)Nc1ccnc(C(=O)NC2CCOCC2)c1. The van der Waals surface area contributed by atoms with Crippen molar-refractivity contribution in [3.05, 3.63) is 58.9 Å². The zero-order chi connectivity index (χ0) is 18.4. The molecule has 6 nitrogen and oxygen atoms in total. The second-order valence-corrected chi connectivity index (χ2v) is 6.51. The fraction of sp³-hybridized carbons (Fsp3) is 0.316. The van der Waals surface area contributed by atoms with Crippen molar-refractivity contribution in [3.8, 4) is 0 Å². The average Bonchev–Trinajstić information content (AvgIpc) is 2.64. The van der Waals surface area contributed by atoms with E-state index in [1.165, 1.54) is 6.20 Å². The van der Waals surface area contributed by atoms with Crippen molar-refractivity contribution in [1.29, 1.82) is 0 Å². The summed E-state index contributed by atoms with van der Waals surface area (Å²) < 4.78 is 5.28. The summed E-state index contributed by atoms with van der Waals surface area (Å²) in [6.45, 7) is 1.30. The minimum Gasteiger partial charge on any atom is -0.381 e. The maximum atomic E-state index is 12.3. The fourth-order valence-corrected chi connectivity index (χ4v) is 2.96. The summed E-state index contributed by atoms with van der Waals surface area (Å²) in [5.74, 6) is -0.459. The molecule has 0 saturated carbocycles. The molecule has 1 aromatic carbocycles. The molecule has 2 aromatic rings. The molecule has 2 N–H and O–H groups in total. The van der Waals surface area contributed by atoms with Gasteiger partial charge in [0.05, 0.1) is 6.42 Å². The first-order chi connectivity index (χ1) is 12.6.